The summed E-state index contributed by atoms with van der Waals surface area (Å²) in [6.45, 7) is 4.21. The fourth-order valence-corrected chi connectivity index (χ4v) is 5.14. The van der Waals surface area contributed by atoms with Crippen LogP contribution in [0.25, 0.3) is 5.69 Å². The predicted octanol–water partition coefficient (Wildman–Crippen LogP) is 5.38. The minimum Gasteiger partial charge on any atom is -0.508 e. The second-order valence-electron chi connectivity index (χ2n) is 8.38. The van der Waals surface area contributed by atoms with Crippen molar-refractivity contribution in [3.8, 4) is 17.2 Å². The van der Waals surface area contributed by atoms with Gasteiger partial charge in [0.15, 0.2) is 5.11 Å². The molecule has 0 spiro atoms. The summed E-state index contributed by atoms with van der Waals surface area (Å²) in [5, 5.41) is 13.9. The second kappa shape index (κ2) is 8.83. The van der Waals surface area contributed by atoms with E-state index in [0.717, 1.165) is 39.8 Å². The summed E-state index contributed by atoms with van der Waals surface area (Å²) >= 11 is 5.86. The number of rotatable bonds is 5. The highest BCUT2D eigenvalue weighted by atomic mass is 32.1. The quantitative estimate of drug-likeness (QED) is 0.382. The van der Waals surface area contributed by atoms with Crippen molar-refractivity contribution in [1.29, 1.82) is 0 Å². The van der Waals surface area contributed by atoms with Gasteiger partial charge in [-0.05, 0) is 86.2 Å². The molecule has 2 aromatic heterocycles. The maximum atomic E-state index is 9.76. The van der Waals surface area contributed by atoms with E-state index in [-0.39, 0.29) is 17.8 Å². The number of aromatic hydroxyl groups is 1. The van der Waals surface area contributed by atoms with Gasteiger partial charge in [0.05, 0.1) is 24.9 Å². The Bertz CT molecular complexity index is 1330. The lowest BCUT2D eigenvalue weighted by Gasteiger charge is -2.28. The highest BCUT2D eigenvalue weighted by Gasteiger charge is 2.42. The van der Waals surface area contributed by atoms with E-state index in [2.05, 4.69) is 39.7 Å². The predicted molar refractivity (Wildman–Crippen MR) is 138 cm³/mol. The Hall–Kier alpha value is -3.84. The van der Waals surface area contributed by atoms with Crippen molar-refractivity contribution >= 4 is 23.0 Å². The number of phenols is 1. The summed E-state index contributed by atoms with van der Waals surface area (Å²) in [6.07, 6.45) is 1.81. The molecule has 1 fully saturated rings. The maximum absolute atomic E-state index is 9.76. The Kier molecular flexibility index (Phi) is 5.71. The molecular formula is C27H26N4O2S. The van der Waals surface area contributed by atoms with Crippen LogP contribution in [0.1, 0.15) is 34.7 Å². The summed E-state index contributed by atoms with van der Waals surface area (Å²) in [7, 11) is 1.67. The van der Waals surface area contributed by atoms with E-state index >= 15 is 0 Å². The number of hydrogen-bond acceptors (Lipinski definition) is 4. The van der Waals surface area contributed by atoms with Crippen molar-refractivity contribution in [3.63, 3.8) is 0 Å². The summed E-state index contributed by atoms with van der Waals surface area (Å²) in [5.41, 5.74) is 6.23. The summed E-state index contributed by atoms with van der Waals surface area (Å²) < 4.78 is 7.69. The van der Waals surface area contributed by atoms with Crippen LogP contribution in [-0.4, -0.2) is 26.9 Å². The molecule has 1 saturated heterocycles. The number of nitrogens with zero attached hydrogens (tertiary/aromatic N) is 3. The normalized spacial score (nSPS) is 17.6. The topological polar surface area (TPSA) is 62.5 Å². The molecule has 0 unspecified atom stereocenters. The van der Waals surface area contributed by atoms with Crippen LogP contribution >= 0.6 is 12.2 Å². The van der Waals surface area contributed by atoms with Crippen LogP contribution in [0.2, 0.25) is 0 Å². The Morgan fingerprint density at radius 1 is 0.971 bits per heavy atom. The number of aryl methyl sites for hydroxylation is 1. The average Bonchev–Trinajstić information content (AvgIpc) is 3.35. The first-order valence-corrected chi connectivity index (χ1v) is 11.5. The first-order chi connectivity index (χ1) is 16.5. The Labute approximate surface area is 204 Å². The largest absolute Gasteiger partial charge is 0.508 e. The number of hydrogen-bond donors (Lipinski definition) is 2. The zero-order valence-electron chi connectivity index (χ0n) is 19.3. The van der Waals surface area contributed by atoms with Crippen molar-refractivity contribution in [1.82, 2.24) is 14.9 Å². The monoisotopic (exact) mass is 470 g/mol. The van der Waals surface area contributed by atoms with Gasteiger partial charge in [-0.25, -0.2) is 0 Å². The Morgan fingerprint density at radius 3 is 2.47 bits per heavy atom. The molecule has 5 rings (SSSR count). The van der Waals surface area contributed by atoms with Crippen LogP contribution in [0.4, 0.5) is 5.69 Å². The van der Waals surface area contributed by atoms with Gasteiger partial charge < -0.3 is 24.6 Å². The van der Waals surface area contributed by atoms with Crippen LogP contribution in [0.5, 0.6) is 11.5 Å². The van der Waals surface area contributed by atoms with Gasteiger partial charge in [0, 0.05) is 35.0 Å². The lowest BCUT2D eigenvalue weighted by molar-refractivity contribution is 0.415. The number of benzene rings is 2. The van der Waals surface area contributed by atoms with Gasteiger partial charge in [-0.3, -0.25) is 4.98 Å². The fraction of sp³-hybridized carbons (Fsp3) is 0.185. The number of pyridine rings is 1. The highest BCUT2D eigenvalue weighted by Crippen LogP contribution is 2.44. The molecular weight excluding hydrogens is 444 g/mol. The Morgan fingerprint density at radius 2 is 1.76 bits per heavy atom. The van der Waals surface area contributed by atoms with E-state index in [4.69, 9.17) is 17.0 Å². The molecule has 0 aliphatic carbocycles. The van der Waals surface area contributed by atoms with Crippen molar-refractivity contribution in [2.45, 2.75) is 25.9 Å². The van der Waals surface area contributed by atoms with Crippen molar-refractivity contribution in [3.05, 3.63) is 102 Å². The number of thiocarbonyl (C=S) groups is 1. The third kappa shape index (κ3) is 3.78. The molecule has 1 aliphatic rings. The smallest absolute Gasteiger partial charge is 0.174 e. The maximum Gasteiger partial charge on any atom is 0.174 e. The lowest BCUT2D eigenvalue weighted by atomic mass is 9.96. The van der Waals surface area contributed by atoms with E-state index in [0.29, 0.717) is 5.11 Å². The van der Waals surface area contributed by atoms with Crippen LogP contribution in [0.3, 0.4) is 0 Å². The van der Waals surface area contributed by atoms with Crippen molar-refractivity contribution < 1.29 is 9.84 Å². The molecule has 4 aromatic rings. The molecule has 2 aromatic carbocycles. The van der Waals surface area contributed by atoms with Gasteiger partial charge in [0.1, 0.15) is 11.5 Å². The van der Waals surface area contributed by atoms with Crippen LogP contribution in [0.15, 0.2) is 79.0 Å². The molecule has 6 nitrogen and oxygen atoms in total. The fourth-order valence-electron chi connectivity index (χ4n) is 4.80. The first-order valence-electron chi connectivity index (χ1n) is 11.1. The van der Waals surface area contributed by atoms with Crippen LogP contribution < -0.4 is 15.0 Å². The van der Waals surface area contributed by atoms with E-state index in [9.17, 15) is 5.11 Å². The van der Waals surface area contributed by atoms with Crippen molar-refractivity contribution in [2.75, 3.05) is 12.0 Å². The van der Waals surface area contributed by atoms with E-state index in [1.807, 2.05) is 60.8 Å². The van der Waals surface area contributed by atoms with Crippen LogP contribution in [-0.2, 0) is 0 Å². The molecule has 2 atom stereocenters. The Balaban J connectivity index is 1.68. The molecule has 34 heavy (non-hydrogen) atoms. The van der Waals surface area contributed by atoms with Crippen molar-refractivity contribution in [2.24, 2.45) is 0 Å². The summed E-state index contributed by atoms with van der Waals surface area (Å²) in [4.78, 5) is 6.80. The van der Waals surface area contributed by atoms with Gasteiger partial charge in [-0.1, -0.05) is 12.1 Å². The number of anilines is 1. The molecule has 0 amide bonds. The average molecular weight is 471 g/mol. The van der Waals surface area contributed by atoms with E-state index in [1.165, 1.54) is 0 Å². The van der Waals surface area contributed by atoms with Gasteiger partial charge >= 0.3 is 0 Å². The first kappa shape index (κ1) is 22.0. The number of nitrogens with one attached hydrogen (secondary N) is 1. The molecule has 7 heteroatoms. The van der Waals surface area contributed by atoms with Gasteiger partial charge in [0.25, 0.3) is 0 Å². The lowest BCUT2D eigenvalue weighted by Crippen LogP contribution is -2.29. The number of ether oxygens (including phenoxy) is 1. The molecule has 2 N–H and O–H groups in total. The number of methoxy groups -OCH3 is 1. The zero-order chi connectivity index (χ0) is 23.8. The van der Waals surface area contributed by atoms with E-state index < -0.39 is 0 Å². The third-order valence-corrected chi connectivity index (χ3v) is 6.64. The SMILES string of the molecule is COc1cccc(N2C(=S)N[C@@H](c3ccccn3)[C@@H]2c2cc(C)n(-c3ccc(O)cc3)c2C)c1. The molecule has 0 radical (unpaired) electrons. The van der Waals surface area contributed by atoms with Gasteiger partial charge in [-0.15, -0.1) is 0 Å². The second-order valence-corrected chi connectivity index (χ2v) is 8.76. The molecule has 0 saturated carbocycles. The van der Waals surface area contributed by atoms with E-state index in [1.54, 1.807) is 19.2 Å². The summed E-state index contributed by atoms with van der Waals surface area (Å²) in [5.74, 6) is 1.02. The molecule has 172 valence electrons. The minimum atomic E-state index is -0.131. The molecule has 0 bridgehead atoms. The van der Waals surface area contributed by atoms with Crippen LogP contribution in [0, 0.1) is 13.8 Å². The van der Waals surface area contributed by atoms with Gasteiger partial charge in [0.2, 0.25) is 0 Å². The number of phenolic OH excluding ortho intramolecular Hbond substituents is 1. The zero-order valence-corrected chi connectivity index (χ0v) is 20.1. The minimum absolute atomic E-state index is 0.119. The molecule has 3 heterocycles. The molecule has 1 aliphatic heterocycles. The summed E-state index contributed by atoms with van der Waals surface area (Å²) in [6, 6.07) is 23.1. The van der Waals surface area contributed by atoms with Gasteiger partial charge in [-0.2, -0.15) is 0 Å². The number of aromatic nitrogens is 2. The standard InChI is InChI=1S/C27H26N4O2S/c1-17-15-23(18(2)30(17)19-10-12-21(32)13-11-19)26-25(24-9-4-5-14-28-24)29-27(34)31(26)20-7-6-8-22(16-20)33-3/h4-16,25-26,32H,1-3H3,(H,29,34)/t25-,26-/m0/s1. The third-order valence-electron chi connectivity index (χ3n) is 6.33. The highest BCUT2D eigenvalue weighted by molar-refractivity contribution is 7.80.